The van der Waals surface area contributed by atoms with Crippen molar-refractivity contribution < 1.29 is 4.12 Å². The molecule has 0 aromatic heterocycles. The van der Waals surface area contributed by atoms with Gasteiger partial charge in [-0.2, -0.15) is 0 Å². The van der Waals surface area contributed by atoms with Crippen molar-refractivity contribution in [3.05, 3.63) is 0 Å². The second kappa shape index (κ2) is 4.51. The normalized spacial score (nSPS) is 16.3. The summed E-state index contributed by atoms with van der Waals surface area (Å²) in [7, 11) is 0.559. The van der Waals surface area contributed by atoms with Crippen molar-refractivity contribution in [3.8, 4) is 0 Å². The van der Waals surface area contributed by atoms with Gasteiger partial charge in [0.05, 0.1) is 0 Å². The molecule has 44 valence electrons. The molecule has 0 aliphatic rings. The summed E-state index contributed by atoms with van der Waals surface area (Å²) in [6.45, 7) is 2.10. The zero-order valence-corrected chi connectivity index (χ0v) is 8.39. The Hall–Kier alpha value is 0.354. The van der Waals surface area contributed by atoms with Crippen LogP contribution < -0.4 is 5.73 Å². The van der Waals surface area contributed by atoms with Gasteiger partial charge in [0.1, 0.15) is 10.5 Å². The average Bonchev–Trinajstić information content (AvgIpc) is 1.68. The van der Waals surface area contributed by atoms with Crippen LogP contribution >= 0.6 is 0 Å². The minimum atomic E-state index is -0.314. The maximum atomic E-state index is 5.54. The Kier molecular flexibility index (Phi) is 4.74. The fourth-order valence-electron chi connectivity index (χ4n) is 0.332. The molecule has 1 unspecified atom stereocenters. The lowest BCUT2D eigenvalue weighted by molar-refractivity contribution is 0.627. The largest absolute Gasteiger partial charge is 0.467 e. The summed E-state index contributed by atoms with van der Waals surface area (Å²) in [5.41, 5.74) is 5.94. The molecule has 7 heavy (non-hydrogen) atoms. The predicted octanol–water partition coefficient (Wildman–Crippen LogP) is -1.94. The zero-order chi connectivity index (χ0) is 5.70. The van der Waals surface area contributed by atoms with Gasteiger partial charge in [0.15, 0.2) is 9.76 Å². The first-order chi connectivity index (χ1) is 3.31. The van der Waals surface area contributed by atoms with E-state index in [-0.39, 0.29) is 9.76 Å². The molecule has 0 fully saturated rings. The quantitative estimate of drug-likeness (QED) is 0.457. The van der Waals surface area contributed by atoms with Gasteiger partial charge in [0.2, 0.25) is 0 Å². The van der Waals surface area contributed by atoms with Crippen LogP contribution in [0.4, 0.5) is 0 Å². The van der Waals surface area contributed by atoms with Gasteiger partial charge < -0.3 is 9.85 Å². The van der Waals surface area contributed by atoms with Crippen LogP contribution in [0.1, 0.15) is 13.3 Å². The van der Waals surface area contributed by atoms with Crippen LogP contribution in [0.25, 0.3) is 0 Å². The maximum Gasteiger partial charge on any atom is 0.162 e. The SMILES string of the molecule is CCC(N)[SiH2]O[SiH3]. The lowest BCUT2D eigenvalue weighted by Gasteiger charge is -2.03. The molecule has 0 saturated carbocycles. The summed E-state index contributed by atoms with van der Waals surface area (Å²) in [6.07, 6.45) is 1.08. The minimum Gasteiger partial charge on any atom is -0.467 e. The summed E-state index contributed by atoms with van der Waals surface area (Å²) < 4.78 is 5.05. The van der Waals surface area contributed by atoms with E-state index in [9.17, 15) is 0 Å². The first-order valence-corrected chi connectivity index (χ1v) is 4.76. The summed E-state index contributed by atoms with van der Waals surface area (Å²) >= 11 is 0. The van der Waals surface area contributed by atoms with Gasteiger partial charge in [-0.05, 0) is 6.42 Å². The van der Waals surface area contributed by atoms with Gasteiger partial charge >= 0.3 is 0 Å². The first-order valence-electron chi connectivity index (χ1n) is 2.55. The molecule has 0 aromatic rings. The van der Waals surface area contributed by atoms with E-state index in [2.05, 4.69) is 6.92 Å². The van der Waals surface area contributed by atoms with Gasteiger partial charge in [-0.15, -0.1) is 0 Å². The molecule has 0 saturated heterocycles. The summed E-state index contributed by atoms with van der Waals surface area (Å²) in [4.78, 5) is 0. The lowest BCUT2D eigenvalue weighted by atomic mass is 10.5. The minimum absolute atomic E-state index is 0.314. The number of hydrogen-bond acceptors (Lipinski definition) is 2. The Morgan fingerprint density at radius 2 is 2.57 bits per heavy atom. The van der Waals surface area contributed by atoms with E-state index in [0.29, 0.717) is 5.67 Å². The number of rotatable bonds is 3. The summed E-state index contributed by atoms with van der Waals surface area (Å²) in [5.74, 6) is 0. The predicted molar refractivity (Wildman–Crippen MR) is 37.8 cm³/mol. The second-order valence-electron chi connectivity index (χ2n) is 1.62. The molecule has 0 bridgehead atoms. The molecule has 0 spiro atoms. The molecule has 2 nitrogen and oxygen atoms in total. The Morgan fingerprint density at radius 1 is 2.00 bits per heavy atom. The van der Waals surface area contributed by atoms with Crippen LogP contribution in [0, 0.1) is 0 Å². The van der Waals surface area contributed by atoms with Crippen molar-refractivity contribution >= 4 is 20.2 Å². The van der Waals surface area contributed by atoms with Crippen LogP contribution in [0.3, 0.4) is 0 Å². The molecule has 0 aliphatic heterocycles. The van der Waals surface area contributed by atoms with E-state index in [1.54, 1.807) is 0 Å². The second-order valence-corrected chi connectivity index (χ2v) is 5.32. The highest BCUT2D eigenvalue weighted by Gasteiger charge is 1.94. The smallest absolute Gasteiger partial charge is 0.162 e. The highest BCUT2D eigenvalue weighted by atomic mass is 28.3. The number of nitrogens with two attached hydrogens (primary N) is 1. The van der Waals surface area contributed by atoms with Crippen molar-refractivity contribution in [2.24, 2.45) is 5.73 Å². The third-order valence-electron chi connectivity index (χ3n) is 0.905. The van der Waals surface area contributed by atoms with Crippen LogP contribution in [-0.2, 0) is 4.12 Å². The van der Waals surface area contributed by atoms with Crippen molar-refractivity contribution in [1.82, 2.24) is 0 Å². The highest BCUT2D eigenvalue weighted by molar-refractivity contribution is 6.36. The van der Waals surface area contributed by atoms with E-state index in [4.69, 9.17) is 9.85 Å². The first kappa shape index (κ1) is 7.35. The van der Waals surface area contributed by atoms with Crippen LogP contribution in [0.2, 0.25) is 0 Å². The molecule has 0 radical (unpaired) electrons. The average molecular weight is 135 g/mol. The topological polar surface area (TPSA) is 35.2 Å². The van der Waals surface area contributed by atoms with Gasteiger partial charge in [0, 0.05) is 5.67 Å². The Balaban J connectivity index is 2.83. The Morgan fingerprint density at radius 3 is 2.71 bits per heavy atom. The molecular weight excluding hydrogens is 122 g/mol. The molecule has 0 aliphatic carbocycles. The fraction of sp³-hybridized carbons (Fsp3) is 1.00. The summed E-state index contributed by atoms with van der Waals surface area (Å²) in [6, 6.07) is 0. The number of hydrogen-bond donors (Lipinski definition) is 1. The standard InChI is InChI=1S/C3H13NOSi2/c1-2-3(4)7-5-6/h3H,2,4,7H2,1,6H3. The highest BCUT2D eigenvalue weighted by Crippen LogP contribution is 1.80. The maximum absolute atomic E-state index is 5.54. The molecule has 0 heterocycles. The zero-order valence-electron chi connectivity index (χ0n) is 4.98. The summed E-state index contributed by atoms with van der Waals surface area (Å²) in [5, 5.41) is 0. The van der Waals surface area contributed by atoms with E-state index >= 15 is 0 Å². The molecule has 0 amide bonds. The molecule has 0 aromatic carbocycles. The van der Waals surface area contributed by atoms with E-state index in [0.717, 1.165) is 16.9 Å². The molecule has 4 heteroatoms. The van der Waals surface area contributed by atoms with Crippen LogP contribution in [-0.4, -0.2) is 25.9 Å². The van der Waals surface area contributed by atoms with Crippen molar-refractivity contribution in [2.45, 2.75) is 19.0 Å². The van der Waals surface area contributed by atoms with Crippen LogP contribution in [0.15, 0.2) is 0 Å². The third-order valence-corrected chi connectivity index (χ3v) is 3.24. The molecule has 1 atom stereocenters. The van der Waals surface area contributed by atoms with Gasteiger partial charge in [-0.1, -0.05) is 6.92 Å². The van der Waals surface area contributed by atoms with Gasteiger partial charge in [0.25, 0.3) is 0 Å². The van der Waals surface area contributed by atoms with Crippen molar-refractivity contribution in [3.63, 3.8) is 0 Å². The van der Waals surface area contributed by atoms with E-state index in [1.165, 1.54) is 0 Å². The van der Waals surface area contributed by atoms with E-state index < -0.39 is 0 Å². The third kappa shape index (κ3) is 4.20. The van der Waals surface area contributed by atoms with Gasteiger partial charge in [-0.3, -0.25) is 0 Å². The lowest BCUT2D eigenvalue weighted by Crippen LogP contribution is -2.27. The van der Waals surface area contributed by atoms with Crippen molar-refractivity contribution in [1.29, 1.82) is 0 Å². The van der Waals surface area contributed by atoms with Gasteiger partial charge in [-0.25, -0.2) is 0 Å². The van der Waals surface area contributed by atoms with Crippen LogP contribution in [0.5, 0.6) is 0 Å². The molecular formula is C3H13NOSi2. The van der Waals surface area contributed by atoms with Crippen molar-refractivity contribution in [2.75, 3.05) is 0 Å². The van der Waals surface area contributed by atoms with E-state index in [1.807, 2.05) is 0 Å². The monoisotopic (exact) mass is 135 g/mol. The Labute approximate surface area is 49.9 Å². The molecule has 2 N–H and O–H groups in total. The Bertz CT molecular complexity index is 43.9. The fourth-order valence-corrected chi connectivity index (χ4v) is 2.28. The molecule has 0 rings (SSSR count).